The normalized spacial score (nSPS) is 10.5. The minimum Gasteiger partial charge on any atom is -0.378 e. The molecule has 0 saturated heterocycles. The van der Waals surface area contributed by atoms with Gasteiger partial charge in [0.1, 0.15) is 0 Å². The molecule has 2 aromatic rings. The van der Waals surface area contributed by atoms with E-state index in [9.17, 15) is 4.79 Å². The molecule has 0 fully saturated rings. The second-order valence-corrected chi connectivity index (χ2v) is 6.49. The Morgan fingerprint density at radius 3 is 2.71 bits per heavy atom. The molecule has 2 rings (SSSR count). The molecular formula is C16H21N3OS. The third kappa shape index (κ3) is 4.04. The Labute approximate surface area is 129 Å². The average molecular weight is 303 g/mol. The first-order valence-electron chi connectivity index (χ1n) is 6.96. The highest BCUT2D eigenvalue weighted by molar-refractivity contribution is 7.11. The van der Waals surface area contributed by atoms with Crippen LogP contribution in [0.2, 0.25) is 0 Å². The zero-order valence-corrected chi connectivity index (χ0v) is 13.8. The van der Waals surface area contributed by atoms with Crippen LogP contribution < -0.4 is 10.2 Å². The molecule has 0 unspecified atom stereocenters. The van der Waals surface area contributed by atoms with E-state index in [2.05, 4.69) is 17.2 Å². The Bertz CT molecular complexity index is 615. The van der Waals surface area contributed by atoms with Crippen molar-refractivity contribution >= 4 is 22.9 Å². The maximum absolute atomic E-state index is 12.1. The summed E-state index contributed by atoms with van der Waals surface area (Å²) in [4.78, 5) is 19.8. The predicted octanol–water partition coefficient (Wildman–Crippen LogP) is 2.80. The minimum atomic E-state index is -0.0382. The van der Waals surface area contributed by atoms with E-state index in [-0.39, 0.29) is 5.91 Å². The van der Waals surface area contributed by atoms with Gasteiger partial charge in [0.25, 0.3) is 5.91 Å². The third-order valence-electron chi connectivity index (χ3n) is 3.32. The highest BCUT2D eigenvalue weighted by Gasteiger charge is 2.08. The van der Waals surface area contributed by atoms with Gasteiger partial charge in [-0.25, -0.2) is 4.98 Å². The molecule has 0 saturated carbocycles. The lowest BCUT2D eigenvalue weighted by atomic mass is 10.2. The molecule has 0 spiro atoms. The van der Waals surface area contributed by atoms with Crippen LogP contribution >= 0.6 is 11.3 Å². The summed E-state index contributed by atoms with van der Waals surface area (Å²) in [6.45, 7) is 4.69. The van der Waals surface area contributed by atoms with Crippen molar-refractivity contribution in [3.05, 3.63) is 45.4 Å². The van der Waals surface area contributed by atoms with E-state index in [1.54, 1.807) is 11.3 Å². The number of amides is 1. The van der Waals surface area contributed by atoms with Gasteiger partial charge in [-0.3, -0.25) is 4.79 Å². The molecule has 1 N–H and O–H groups in total. The fraction of sp³-hybridized carbons (Fsp3) is 0.375. The van der Waals surface area contributed by atoms with Crippen LogP contribution in [0.5, 0.6) is 0 Å². The summed E-state index contributed by atoms with van der Waals surface area (Å²) in [6.07, 6.45) is 0.776. The number of thiazole rings is 1. The van der Waals surface area contributed by atoms with Gasteiger partial charge in [0, 0.05) is 43.2 Å². The van der Waals surface area contributed by atoms with Crippen molar-refractivity contribution in [2.75, 3.05) is 25.5 Å². The summed E-state index contributed by atoms with van der Waals surface area (Å²) in [5.41, 5.74) is 2.79. The molecule has 0 atom stereocenters. The molecule has 5 heteroatoms. The van der Waals surface area contributed by atoms with Crippen LogP contribution in [0.15, 0.2) is 24.3 Å². The van der Waals surface area contributed by atoms with Gasteiger partial charge in [-0.2, -0.15) is 0 Å². The highest BCUT2D eigenvalue weighted by atomic mass is 32.1. The fourth-order valence-corrected chi connectivity index (χ4v) is 2.89. The lowest BCUT2D eigenvalue weighted by molar-refractivity contribution is 0.0954. The maximum atomic E-state index is 12.1. The number of anilines is 1. The summed E-state index contributed by atoms with van der Waals surface area (Å²) in [7, 11) is 3.92. The largest absolute Gasteiger partial charge is 0.378 e. The molecule has 0 bridgehead atoms. The Kier molecular flexibility index (Phi) is 4.96. The van der Waals surface area contributed by atoms with Crippen LogP contribution in [0, 0.1) is 13.8 Å². The second kappa shape index (κ2) is 6.72. The molecule has 1 aromatic heterocycles. The van der Waals surface area contributed by atoms with E-state index in [1.165, 1.54) is 4.88 Å². The van der Waals surface area contributed by atoms with Crippen molar-refractivity contribution in [1.29, 1.82) is 0 Å². The fourth-order valence-electron chi connectivity index (χ4n) is 1.96. The number of hydrogen-bond acceptors (Lipinski definition) is 4. The van der Waals surface area contributed by atoms with Gasteiger partial charge in [0.15, 0.2) is 0 Å². The van der Waals surface area contributed by atoms with Crippen LogP contribution in [-0.2, 0) is 6.42 Å². The molecule has 4 nitrogen and oxygen atoms in total. The van der Waals surface area contributed by atoms with Crippen LogP contribution in [0.1, 0.15) is 25.9 Å². The zero-order valence-electron chi connectivity index (χ0n) is 12.9. The number of rotatable bonds is 5. The molecule has 1 heterocycles. The average Bonchev–Trinajstić information content (AvgIpc) is 2.77. The second-order valence-electron chi connectivity index (χ2n) is 5.20. The molecule has 0 aliphatic carbocycles. The predicted molar refractivity (Wildman–Crippen MR) is 88.4 cm³/mol. The van der Waals surface area contributed by atoms with Gasteiger partial charge in [-0.15, -0.1) is 11.3 Å². The van der Waals surface area contributed by atoms with E-state index < -0.39 is 0 Å². The molecular weight excluding hydrogens is 282 g/mol. The topological polar surface area (TPSA) is 45.2 Å². The number of hydrogen-bond donors (Lipinski definition) is 1. The zero-order chi connectivity index (χ0) is 15.4. The standard InChI is InChI=1S/C16H21N3OS/c1-11-12(2)21-15(18-11)8-9-17-16(20)13-6-5-7-14(10-13)19(3)4/h5-7,10H,8-9H2,1-4H3,(H,17,20). The monoisotopic (exact) mass is 303 g/mol. The highest BCUT2D eigenvalue weighted by Crippen LogP contribution is 2.16. The van der Waals surface area contributed by atoms with E-state index >= 15 is 0 Å². The smallest absolute Gasteiger partial charge is 0.251 e. The number of aromatic nitrogens is 1. The van der Waals surface area contributed by atoms with Crippen molar-refractivity contribution in [1.82, 2.24) is 10.3 Å². The van der Waals surface area contributed by atoms with Crippen LogP contribution in [-0.4, -0.2) is 31.5 Å². The van der Waals surface area contributed by atoms with Gasteiger partial charge < -0.3 is 10.2 Å². The Balaban J connectivity index is 1.91. The number of nitrogens with one attached hydrogen (secondary N) is 1. The quantitative estimate of drug-likeness (QED) is 0.924. The van der Waals surface area contributed by atoms with Gasteiger partial charge in [-0.05, 0) is 32.0 Å². The maximum Gasteiger partial charge on any atom is 0.251 e. The molecule has 21 heavy (non-hydrogen) atoms. The lowest BCUT2D eigenvalue weighted by Gasteiger charge is -2.13. The number of nitrogens with zero attached hydrogens (tertiary/aromatic N) is 2. The first kappa shape index (κ1) is 15.5. The Morgan fingerprint density at radius 1 is 1.33 bits per heavy atom. The number of benzene rings is 1. The van der Waals surface area contributed by atoms with Crippen molar-refractivity contribution in [3.63, 3.8) is 0 Å². The minimum absolute atomic E-state index is 0.0382. The Morgan fingerprint density at radius 2 is 2.10 bits per heavy atom. The summed E-state index contributed by atoms with van der Waals surface area (Å²) in [5, 5.41) is 4.03. The Hall–Kier alpha value is -1.88. The van der Waals surface area contributed by atoms with Crippen LogP contribution in [0.3, 0.4) is 0 Å². The van der Waals surface area contributed by atoms with E-state index in [4.69, 9.17) is 0 Å². The summed E-state index contributed by atoms with van der Waals surface area (Å²) in [5.74, 6) is -0.0382. The number of carbonyl (C=O) groups is 1. The molecule has 0 aliphatic rings. The van der Waals surface area contributed by atoms with E-state index in [0.717, 1.165) is 22.8 Å². The number of carbonyl (C=O) groups excluding carboxylic acids is 1. The first-order chi connectivity index (χ1) is 9.97. The summed E-state index contributed by atoms with van der Waals surface area (Å²) in [6, 6.07) is 7.61. The van der Waals surface area contributed by atoms with Crippen molar-refractivity contribution < 1.29 is 4.79 Å². The molecule has 1 amide bonds. The number of aryl methyl sites for hydroxylation is 2. The van der Waals surface area contributed by atoms with E-state index in [1.807, 2.05) is 50.2 Å². The molecule has 0 radical (unpaired) electrons. The summed E-state index contributed by atoms with van der Waals surface area (Å²) >= 11 is 1.70. The third-order valence-corrected chi connectivity index (χ3v) is 4.45. The lowest BCUT2D eigenvalue weighted by Crippen LogP contribution is -2.25. The van der Waals surface area contributed by atoms with Crippen LogP contribution in [0.25, 0.3) is 0 Å². The van der Waals surface area contributed by atoms with Gasteiger partial charge in [-0.1, -0.05) is 6.07 Å². The van der Waals surface area contributed by atoms with Gasteiger partial charge in [0.05, 0.1) is 10.7 Å². The van der Waals surface area contributed by atoms with Crippen molar-refractivity contribution in [2.45, 2.75) is 20.3 Å². The molecule has 0 aliphatic heterocycles. The van der Waals surface area contributed by atoms with Crippen molar-refractivity contribution in [2.24, 2.45) is 0 Å². The van der Waals surface area contributed by atoms with Crippen LogP contribution in [0.4, 0.5) is 5.69 Å². The molecule has 1 aromatic carbocycles. The van der Waals surface area contributed by atoms with Gasteiger partial charge in [0.2, 0.25) is 0 Å². The van der Waals surface area contributed by atoms with Crippen molar-refractivity contribution in [3.8, 4) is 0 Å². The SMILES string of the molecule is Cc1nc(CCNC(=O)c2cccc(N(C)C)c2)sc1C. The first-order valence-corrected chi connectivity index (χ1v) is 7.77. The van der Waals surface area contributed by atoms with E-state index in [0.29, 0.717) is 12.1 Å². The molecule has 112 valence electrons. The summed E-state index contributed by atoms with van der Waals surface area (Å²) < 4.78 is 0. The van der Waals surface area contributed by atoms with Gasteiger partial charge >= 0.3 is 0 Å².